The van der Waals surface area contributed by atoms with Gasteiger partial charge in [0.2, 0.25) is 28.6 Å². The topological polar surface area (TPSA) is 114 Å². The van der Waals surface area contributed by atoms with Gasteiger partial charge in [0, 0.05) is 18.7 Å². The molecule has 206 valence electrons. The second kappa shape index (κ2) is 11.9. The van der Waals surface area contributed by atoms with Crippen molar-refractivity contribution in [2.75, 3.05) is 31.0 Å². The fourth-order valence-electron chi connectivity index (χ4n) is 4.91. The molecule has 1 unspecified atom stereocenters. The van der Waals surface area contributed by atoms with Gasteiger partial charge in [0.25, 0.3) is 0 Å². The van der Waals surface area contributed by atoms with E-state index >= 15 is 0 Å². The Morgan fingerprint density at radius 3 is 2.53 bits per heavy atom. The summed E-state index contributed by atoms with van der Waals surface area (Å²) in [5, 5.41) is 3.10. The van der Waals surface area contributed by atoms with Crippen molar-refractivity contribution >= 4 is 27.5 Å². The second-order valence-electron chi connectivity index (χ2n) is 9.59. The molecule has 1 saturated carbocycles. The van der Waals surface area contributed by atoms with Crippen LogP contribution in [0.1, 0.15) is 44.6 Å². The zero-order valence-corrected chi connectivity index (χ0v) is 22.8. The van der Waals surface area contributed by atoms with E-state index < -0.39 is 28.5 Å². The minimum absolute atomic E-state index is 0.0409. The molecule has 2 amide bonds. The normalized spacial score (nSPS) is 15.7. The summed E-state index contributed by atoms with van der Waals surface area (Å²) < 4.78 is 42.7. The molecule has 0 bridgehead atoms. The van der Waals surface area contributed by atoms with Gasteiger partial charge in [0.05, 0.1) is 19.1 Å². The van der Waals surface area contributed by atoms with Gasteiger partial charge in [0.15, 0.2) is 11.5 Å². The molecule has 0 saturated heterocycles. The Kier molecular flexibility index (Phi) is 8.65. The largest absolute Gasteiger partial charge is 0.497 e. The average molecular weight is 546 g/mol. The lowest BCUT2D eigenvalue weighted by atomic mass is 10.1. The molecular weight excluding hydrogens is 510 g/mol. The van der Waals surface area contributed by atoms with Crippen LogP contribution in [-0.4, -0.2) is 63.9 Å². The lowest BCUT2D eigenvalue weighted by Crippen LogP contribution is -2.53. The maximum absolute atomic E-state index is 13.9. The lowest BCUT2D eigenvalue weighted by Gasteiger charge is -2.33. The summed E-state index contributed by atoms with van der Waals surface area (Å²) in [5.74, 6) is 0.799. The number of hydrogen-bond donors (Lipinski definition) is 1. The van der Waals surface area contributed by atoms with Gasteiger partial charge in [-0.3, -0.25) is 13.9 Å². The van der Waals surface area contributed by atoms with Crippen molar-refractivity contribution < 1.29 is 32.2 Å². The first-order valence-corrected chi connectivity index (χ1v) is 14.6. The van der Waals surface area contributed by atoms with Crippen LogP contribution < -0.4 is 23.8 Å². The Hall–Kier alpha value is -3.47. The second-order valence-corrected chi connectivity index (χ2v) is 11.5. The summed E-state index contributed by atoms with van der Waals surface area (Å²) in [4.78, 5) is 28.7. The number of sulfonamides is 1. The maximum atomic E-state index is 13.9. The highest BCUT2D eigenvalue weighted by molar-refractivity contribution is 7.92. The number of benzene rings is 2. The summed E-state index contributed by atoms with van der Waals surface area (Å²) in [6.45, 7) is 1.52. The van der Waals surface area contributed by atoms with Crippen LogP contribution in [0.2, 0.25) is 0 Å². The highest BCUT2D eigenvalue weighted by atomic mass is 32.2. The van der Waals surface area contributed by atoms with Crippen LogP contribution in [0, 0.1) is 0 Å². The maximum Gasteiger partial charge on any atom is 0.244 e. The predicted molar refractivity (Wildman–Crippen MR) is 143 cm³/mol. The van der Waals surface area contributed by atoms with Gasteiger partial charge in [-0.1, -0.05) is 31.9 Å². The van der Waals surface area contributed by atoms with Crippen molar-refractivity contribution in [3.05, 3.63) is 48.0 Å². The fraction of sp³-hybridized carbons (Fsp3) is 0.481. The summed E-state index contributed by atoms with van der Waals surface area (Å²) in [6.07, 6.45) is 5.37. The fourth-order valence-corrected chi connectivity index (χ4v) is 5.75. The highest BCUT2D eigenvalue weighted by Crippen LogP contribution is 2.36. The molecule has 1 atom stereocenters. The molecule has 10 nitrogen and oxygen atoms in total. The SMILES string of the molecule is CCC(C(=O)NC1CCCC1)N(Cc1cccc(OC)c1)C(=O)CN(c1ccc2c(c1)OCO2)S(C)(=O)=O. The summed E-state index contributed by atoms with van der Waals surface area (Å²) in [5.41, 5.74) is 1.04. The van der Waals surface area contributed by atoms with E-state index in [-0.39, 0.29) is 31.0 Å². The number of rotatable bonds is 11. The molecule has 0 aromatic heterocycles. The van der Waals surface area contributed by atoms with Crippen molar-refractivity contribution in [3.63, 3.8) is 0 Å². The Morgan fingerprint density at radius 2 is 1.84 bits per heavy atom. The molecule has 2 aromatic carbocycles. The predicted octanol–water partition coefficient (Wildman–Crippen LogP) is 3.06. The van der Waals surface area contributed by atoms with Crippen molar-refractivity contribution in [1.29, 1.82) is 0 Å². The summed E-state index contributed by atoms with van der Waals surface area (Å²) in [6, 6.07) is 11.3. The Bertz CT molecular complexity index is 1260. The van der Waals surface area contributed by atoms with Gasteiger partial charge >= 0.3 is 0 Å². The monoisotopic (exact) mass is 545 g/mol. The van der Waals surface area contributed by atoms with Gasteiger partial charge in [-0.2, -0.15) is 0 Å². The first-order valence-electron chi connectivity index (χ1n) is 12.8. The molecule has 0 spiro atoms. The van der Waals surface area contributed by atoms with Crippen molar-refractivity contribution in [1.82, 2.24) is 10.2 Å². The molecule has 1 heterocycles. The van der Waals surface area contributed by atoms with Crippen LogP contribution in [0.3, 0.4) is 0 Å². The Labute approximate surface area is 223 Å². The molecular formula is C27H35N3O7S. The van der Waals surface area contributed by atoms with Crippen LogP contribution in [-0.2, 0) is 26.2 Å². The number of amides is 2. The molecule has 2 aliphatic rings. The smallest absolute Gasteiger partial charge is 0.244 e. The number of anilines is 1. The van der Waals surface area contributed by atoms with E-state index in [9.17, 15) is 18.0 Å². The van der Waals surface area contributed by atoms with E-state index in [4.69, 9.17) is 14.2 Å². The van der Waals surface area contributed by atoms with E-state index in [0.29, 0.717) is 23.7 Å². The third-order valence-electron chi connectivity index (χ3n) is 6.90. The number of hydrogen-bond acceptors (Lipinski definition) is 7. The summed E-state index contributed by atoms with van der Waals surface area (Å²) >= 11 is 0. The van der Waals surface area contributed by atoms with Crippen LogP contribution in [0.4, 0.5) is 5.69 Å². The third-order valence-corrected chi connectivity index (χ3v) is 8.04. The Balaban J connectivity index is 1.63. The number of nitrogens with zero attached hydrogens (tertiary/aromatic N) is 2. The number of fused-ring (bicyclic) bond motifs is 1. The van der Waals surface area contributed by atoms with Gasteiger partial charge in [0.1, 0.15) is 18.3 Å². The van der Waals surface area contributed by atoms with Crippen molar-refractivity contribution in [2.45, 2.75) is 57.7 Å². The molecule has 1 aliphatic carbocycles. The molecule has 1 fully saturated rings. The van der Waals surface area contributed by atoms with Crippen LogP contribution >= 0.6 is 0 Å². The first-order chi connectivity index (χ1) is 18.2. The standard InChI is InChI=1S/C27H35N3O7S/c1-4-23(27(32)28-20-9-5-6-10-20)29(16-19-8-7-11-22(14-19)35-2)26(31)17-30(38(3,33)34)21-12-13-24-25(15-21)37-18-36-24/h7-8,11-15,20,23H,4-6,9-10,16-18H2,1-3H3,(H,28,32). The van der Waals surface area contributed by atoms with Crippen LogP contribution in [0.5, 0.6) is 17.2 Å². The Morgan fingerprint density at radius 1 is 1.11 bits per heavy atom. The molecule has 38 heavy (non-hydrogen) atoms. The van der Waals surface area contributed by atoms with Gasteiger partial charge < -0.3 is 24.4 Å². The minimum atomic E-state index is -3.85. The summed E-state index contributed by atoms with van der Waals surface area (Å²) in [7, 11) is -2.29. The molecule has 2 aromatic rings. The number of carbonyl (C=O) groups is 2. The zero-order valence-electron chi connectivity index (χ0n) is 22.0. The van der Waals surface area contributed by atoms with Gasteiger partial charge in [-0.25, -0.2) is 8.42 Å². The number of nitrogens with one attached hydrogen (secondary N) is 1. The van der Waals surface area contributed by atoms with Crippen LogP contribution in [0.15, 0.2) is 42.5 Å². The van der Waals surface area contributed by atoms with E-state index in [2.05, 4.69) is 5.32 Å². The van der Waals surface area contributed by atoms with E-state index in [1.54, 1.807) is 31.4 Å². The molecule has 11 heteroatoms. The van der Waals surface area contributed by atoms with Gasteiger partial charge in [-0.15, -0.1) is 0 Å². The molecule has 1 N–H and O–H groups in total. The van der Waals surface area contributed by atoms with Gasteiger partial charge in [-0.05, 0) is 49.1 Å². The van der Waals surface area contributed by atoms with Crippen LogP contribution in [0.25, 0.3) is 0 Å². The van der Waals surface area contributed by atoms with E-state index in [1.807, 2.05) is 19.1 Å². The number of methoxy groups -OCH3 is 1. The lowest BCUT2D eigenvalue weighted by molar-refractivity contribution is -0.140. The van der Waals surface area contributed by atoms with Crippen molar-refractivity contribution in [2.24, 2.45) is 0 Å². The van der Waals surface area contributed by atoms with E-state index in [1.165, 1.54) is 11.0 Å². The number of carbonyl (C=O) groups excluding carboxylic acids is 2. The molecule has 1 aliphatic heterocycles. The third kappa shape index (κ3) is 6.50. The first kappa shape index (κ1) is 27.6. The quantitative estimate of drug-likeness (QED) is 0.462. The van der Waals surface area contributed by atoms with Crippen molar-refractivity contribution in [3.8, 4) is 17.2 Å². The molecule has 0 radical (unpaired) electrons. The average Bonchev–Trinajstić information content (AvgIpc) is 3.58. The van der Waals surface area contributed by atoms with E-state index in [0.717, 1.165) is 41.8 Å². The number of ether oxygens (including phenoxy) is 3. The minimum Gasteiger partial charge on any atom is -0.497 e. The highest BCUT2D eigenvalue weighted by Gasteiger charge is 2.33. The molecule has 4 rings (SSSR count). The zero-order chi connectivity index (χ0) is 27.3.